The smallest absolute Gasteiger partial charge is 0.253 e. The summed E-state index contributed by atoms with van der Waals surface area (Å²) in [5.74, 6) is 0.0608. The van der Waals surface area contributed by atoms with E-state index in [9.17, 15) is 4.79 Å². The van der Waals surface area contributed by atoms with Crippen molar-refractivity contribution >= 4 is 11.6 Å². The van der Waals surface area contributed by atoms with Crippen LogP contribution in [0.15, 0.2) is 29.4 Å². The summed E-state index contributed by atoms with van der Waals surface area (Å²) < 4.78 is 0. The molecule has 0 saturated carbocycles. The van der Waals surface area contributed by atoms with Gasteiger partial charge in [0.15, 0.2) is 0 Å². The number of likely N-dealkylation sites (tertiary alicyclic amines) is 1. The minimum Gasteiger partial charge on any atom is -0.411 e. The Morgan fingerprint density at radius 3 is 2.65 bits per heavy atom. The Morgan fingerprint density at radius 1 is 1.35 bits per heavy atom. The van der Waals surface area contributed by atoms with E-state index >= 15 is 0 Å². The second kappa shape index (κ2) is 4.99. The molecule has 0 unspecified atom stereocenters. The van der Waals surface area contributed by atoms with Crippen molar-refractivity contribution in [3.05, 3.63) is 35.4 Å². The van der Waals surface area contributed by atoms with Crippen molar-refractivity contribution < 1.29 is 10.0 Å². The summed E-state index contributed by atoms with van der Waals surface area (Å²) in [6.07, 6.45) is 1.32. The zero-order valence-corrected chi connectivity index (χ0v) is 9.89. The number of benzene rings is 1. The van der Waals surface area contributed by atoms with Gasteiger partial charge in [-0.1, -0.05) is 22.9 Å². The number of carbonyl (C=O) groups is 1. The number of rotatable bonds is 1. The SMILES string of the molecule is Cc1cccc(C(=O)N2CCC(=NO)CC2)c1. The maximum Gasteiger partial charge on any atom is 0.253 e. The van der Waals surface area contributed by atoms with Crippen LogP contribution in [0.1, 0.15) is 28.8 Å². The van der Waals surface area contributed by atoms with Gasteiger partial charge in [-0.25, -0.2) is 0 Å². The van der Waals surface area contributed by atoms with E-state index in [-0.39, 0.29) is 5.91 Å². The van der Waals surface area contributed by atoms with E-state index in [1.807, 2.05) is 36.1 Å². The zero-order valence-electron chi connectivity index (χ0n) is 9.89. The summed E-state index contributed by atoms with van der Waals surface area (Å²) in [4.78, 5) is 14.0. The molecule has 1 aliphatic rings. The predicted octanol–water partition coefficient (Wildman–Crippen LogP) is 2.06. The molecule has 0 aliphatic carbocycles. The van der Waals surface area contributed by atoms with Crippen molar-refractivity contribution in [1.82, 2.24) is 4.90 Å². The van der Waals surface area contributed by atoms with Gasteiger partial charge in [-0.2, -0.15) is 0 Å². The normalized spacial score (nSPS) is 15.8. The molecule has 1 N–H and O–H groups in total. The van der Waals surface area contributed by atoms with Gasteiger partial charge in [0.25, 0.3) is 5.91 Å². The van der Waals surface area contributed by atoms with Gasteiger partial charge in [-0.05, 0) is 19.1 Å². The molecule has 1 heterocycles. The Bertz CT molecular complexity index is 444. The molecule has 1 aliphatic heterocycles. The standard InChI is InChI=1S/C13H16N2O2/c1-10-3-2-4-11(9-10)13(16)15-7-5-12(14-17)6-8-15/h2-4,9,17H,5-8H2,1H3. The van der Waals surface area contributed by atoms with Crippen LogP contribution in [-0.4, -0.2) is 34.8 Å². The van der Waals surface area contributed by atoms with Crippen LogP contribution in [0.2, 0.25) is 0 Å². The number of carbonyl (C=O) groups excluding carboxylic acids is 1. The molecule has 17 heavy (non-hydrogen) atoms. The van der Waals surface area contributed by atoms with Crippen LogP contribution in [-0.2, 0) is 0 Å². The molecule has 0 aromatic heterocycles. The van der Waals surface area contributed by atoms with Gasteiger partial charge in [0.05, 0.1) is 5.71 Å². The van der Waals surface area contributed by atoms with E-state index in [2.05, 4.69) is 5.16 Å². The number of hydrogen-bond donors (Lipinski definition) is 1. The molecule has 1 aromatic carbocycles. The number of amides is 1. The molecule has 0 spiro atoms. The summed E-state index contributed by atoms with van der Waals surface area (Å²) in [6.45, 7) is 3.24. The molecular weight excluding hydrogens is 216 g/mol. The fourth-order valence-electron chi connectivity index (χ4n) is 2.03. The maximum atomic E-state index is 12.2. The molecule has 1 fully saturated rings. The Kier molecular flexibility index (Phi) is 3.42. The highest BCUT2D eigenvalue weighted by Gasteiger charge is 2.21. The Morgan fingerprint density at radius 2 is 2.06 bits per heavy atom. The molecule has 4 heteroatoms. The third kappa shape index (κ3) is 2.64. The summed E-state index contributed by atoms with van der Waals surface area (Å²) >= 11 is 0. The fraction of sp³-hybridized carbons (Fsp3) is 0.385. The summed E-state index contributed by atoms with van der Waals surface area (Å²) in [5, 5.41) is 11.9. The minimum absolute atomic E-state index is 0.0608. The van der Waals surface area contributed by atoms with Gasteiger partial charge in [-0.15, -0.1) is 0 Å². The Hall–Kier alpha value is -1.84. The van der Waals surface area contributed by atoms with Crippen molar-refractivity contribution in [2.75, 3.05) is 13.1 Å². The van der Waals surface area contributed by atoms with Crippen molar-refractivity contribution in [3.8, 4) is 0 Å². The molecule has 2 rings (SSSR count). The van der Waals surface area contributed by atoms with E-state index in [1.165, 1.54) is 0 Å². The largest absolute Gasteiger partial charge is 0.411 e. The highest BCUT2D eigenvalue weighted by Crippen LogP contribution is 2.13. The number of nitrogens with zero attached hydrogens (tertiary/aromatic N) is 2. The van der Waals surface area contributed by atoms with E-state index < -0.39 is 0 Å². The van der Waals surface area contributed by atoms with Gasteiger partial charge in [0, 0.05) is 31.5 Å². The fourth-order valence-corrected chi connectivity index (χ4v) is 2.03. The highest BCUT2D eigenvalue weighted by atomic mass is 16.4. The maximum absolute atomic E-state index is 12.2. The third-order valence-corrected chi connectivity index (χ3v) is 3.03. The minimum atomic E-state index is 0.0608. The van der Waals surface area contributed by atoms with Crippen LogP contribution in [0.25, 0.3) is 0 Å². The van der Waals surface area contributed by atoms with Crippen molar-refractivity contribution in [2.45, 2.75) is 19.8 Å². The first-order chi connectivity index (χ1) is 8.20. The molecule has 4 nitrogen and oxygen atoms in total. The average molecular weight is 232 g/mol. The zero-order chi connectivity index (χ0) is 12.3. The van der Waals surface area contributed by atoms with Crippen LogP contribution < -0.4 is 0 Å². The third-order valence-electron chi connectivity index (χ3n) is 3.03. The average Bonchev–Trinajstić information content (AvgIpc) is 2.38. The molecule has 1 saturated heterocycles. The summed E-state index contributed by atoms with van der Waals surface area (Å²) in [7, 11) is 0. The van der Waals surface area contributed by atoms with Crippen LogP contribution in [0.3, 0.4) is 0 Å². The number of oxime groups is 1. The molecule has 1 aromatic rings. The number of piperidine rings is 1. The second-order valence-corrected chi connectivity index (χ2v) is 4.33. The molecule has 0 atom stereocenters. The highest BCUT2D eigenvalue weighted by molar-refractivity contribution is 5.96. The first-order valence-electron chi connectivity index (χ1n) is 5.76. The van der Waals surface area contributed by atoms with Gasteiger partial charge >= 0.3 is 0 Å². The lowest BCUT2D eigenvalue weighted by molar-refractivity contribution is 0.0753. The van der Waals surface area contributed by atoms with Gasteiger partial charge < -0.3 is 10.1 Å². The van der Waals surface area contributed by atoms with Crippen molar-refractivity contribution in [3.63, 3.8) is 0 Å². The van der Waals surface area contributed by atoms with Gasteiger partial charge in [0.2, 0.25) is 0 Å². The Balaban J connectivity index is 2.07. The van der Waals surface area contributed by atoms with Gasteiger partial charge in [-0.3, -0.25) is 4.79 Å². The summed E-state index contributed by atoms with van der Waals surface area (Å²) in [6, 6.07) is 7.61. The summed E-state index contributed by atoms with van der Waals surface area (Å²) in [5.41, 5.74) is 2.60. The van der Waals surface area contributed by atoms with Crippen molar-refractivity contribution in [1.29, 1.82) is 0 Å². The van der Waals surface area contributed by atoms with Crippen LogP contribution in [0.4, 0.5) is 0 Å². The van der Waals surface area contributed by atoms with Crippen molar-refractivity contribution in [2.24, 2.45) is 5.16 Å². The number of aryl methyl sites for hydroxylation is 1. The van der Waals surface area contributed by atoms with Crippen LogP contribution in [0, 0.1) is 6.92 Å². The van der Waals surface area contributed by atoms with E-state index in [4.69, 9.17) is 5.21 Å². The van der Waals surface area contributed by atoms with E-state index in [0.717, 1.165) is 16.8 Å². The molecule has 1 amide bonds. The van der Waals surface area contributed by atoms with Crippen LogP contribution >= 0.6 is 0 Å². The number of hydrogen-bond acceptors (Lipinski definition) is 3. The molecule has 0 bridgehead atoms. The lowest BCUT2D eigenvalue weighted by Crippen LogP contribution is -2.38. The van der Waals surface area contributed by atoms with E-state index in [0.29, 0.717) is 25.9 Å². The topological polar surface area (TPSA) is 52.9 Å². The first-order valence-corrected chi connectivity index (χ1v) is 5.76. The molecular formula is C13H16N2O2. The molecule has 90 valence electrons. The molecule has 0 radical (unpaired) electrons. The second-order valence-electron chi connectivity index (χ2n) is 4.33. The lowest BCUT2D eigenvalue weighted by Gasteiger charge is -2.27. The lowest BCUT2D eigenvalue weighted by atomic mass is 10.1. The quantitative estimate of drug-likeness (QED) is 0.595. The Labute approximate surface area is 101 Å². The first kappa shape index (κ1) is 11.6. The monoisotopic (exact) mass is 232 g/mol. The predicted molar refractivity (Wildman–Crippen MR) is 65.5 cm³/mol. The van der Waals surface area contributed by atoms with Crippen LogP contribution in [0.5, 0.6) is 0 Å². The van der Waals surface area contributed by atoms with E-state index in [1.54, 1.807) is 0 Å². The van der Waals surface area contributed by atoms with Gasteiger partial charge in [0.1, 0.15) is 0 Å².